The van der Waals surface area contributed by atoms with Crippen LogP contribution in [0.1, 0.15) is 24.9 Å². The number of aliphatic imine (C=N–C) groups is 1. The van der Waals surface area contributed by atoms with Gasteiger partial charge in [-0.2, -0.15) is 0 Å². The van der Waals surface area contributed by atoms with Crippen molar-refractivity contribution in [3.05, 3.63) is 29.8 Å². The van der Waals surface area contributed by atoms with Crippen LogP contribution in [0.3, 0.4) is 0 Å². The van der Waals surface area contributed by atoms with E-state index in [9.17, 15) is 0 Å². The van der Waals surface area contributed by atoms with Gasteiger partial charge in [0, 0.05) is 45.8 Å². The van der Waals surface area contributed by atoms with Crippen molar-refractivity contribution in [2.24, 2.45) is 4.99 Å². The average molecular weight is 575 g/mol. The first kappa shape index (κ1) is 28.1. The number of ether oxygens (including phenoxy) is 2. The molecule has 33 heavy (non-hydrogen) atoms. The smallest absolute Gasteiger partial charge is 0.191 e. The predicted octanol–water partition coefficient (Wildman–Crippen LogP) is 1.88. The molecule has 2 aliphatic rings. The summed E-state index contributed by atoms with van der Waals surface area (Å²) in [5.74, 6) is 1.78. The van der Waals surface area contributed by atoms with Crippen molar-refractivity contribution in [1.29, 1.82) is 0 Å². The van der Waals surface area contributed by atoms with Gasteiger partial charge in [0.25, 0.3) is 0 Å². The lowest BCUT2D eigenvalue weighted by Crippen LogP contribution is -2.43. The predicted molar refractivity (Wildman–Crippen MR) is 146 cm³/mol. The summed E-state index contributed by atoms with van der Waals surface area (Å²) in [7, 11) is 3.92. The van der Waals surface area contributed by atoms with Gasteiger partial charge in [-0.3, -0.25) is 9.89 Å². The second kappa shape index (κ2) is 15.7. The lowest BCUT2D eigenvalue weighted by atomic mass is 10.0. The molecule has 9 heteroatoms. The van der Waals surface area contributed by atoms with Crippen molar-refractivity contribution in [3.63, 3.8) is 0 Å². The van der Waals surface area contributed by atoms with Crippen LogP contribution in [0.5, 0.6) is 5.75 Å². The Kier molecular flexibility index (Phi) is 13.4. The quantitative estimate of drug-likeness (QED) is 0.266. The molecule has 1 aromatic rings. The number of likely N-dealkylation sites (N-methyl/N-ethyl adjacent to an activating group) is 1. The molecule has 3 rings (SSSR count). The number of halogens is 1. The maximum Gasteiger partial charge on any atom is 0.191 e. The summed E-state index contributed by atoms with van der Waals surface area (Å²) in [5, 5.41) is 6.96. The summed E-state index contributed by atoms with van der Waals surface area (Å²) in [6.45, 7) is 13.7. The number of rotatable bonds is 9. The molecule has 2 saturated heterocycles. The minimum Gasteiger partial charge on any atom is -0.497 e. The molecular formula is C24H43IN6O2. The van der Waals surface area contributed by atoms with Crippen molar-refractivity contribution >= 4 is 29.9 Å². The lowest BCUT2D eigenvalue weighted by molar-refractivity contribution is 0.0179. The standard InChI is InChI=1S/C24H42N6O2.HI/c1-4-25-24(26-10-13-29-12-5-11-28(2)14-15-29)27-20-23(30-16-18-32-19-17-30)21-6-8-22(31-3)9-7-21;/h6-9,23H,4-5,10-20H2,1-3H3,(H2,25,26,27);1H. The summed E-state index contributed by atoms with van der Waals surface area (Å²) in [5.41, 5.74) is 1.26. The molecule has 188 valence electrons. The summed E-state index contributed by atoms with van der Waals surface area (Å²) < 4.78 is 10.9. The minimum absolute atomic E-state index is 0. The summed E-state index contributed by atoms with van der Waals surface area (Å²) in [6, 6.07) is 8.61. The Hall–Kier alpha value is -1.14. The van der Waals surface area contributed by atoms with Gasteiger partial charge in [-0.25, -0.2) is 0 Å². The van der Waals surface area contributed by atoms with Crippen LogP contribution in [-0.4, -0.2) is 113 Å². The van der Waals surface area contributed by atoms with E-state index in [-0.39, 0.29) is 30.0 Å². The molecule has 1 atom stereocenters. The molecule has 0 aromatic heterocycles. The topological polar surface area (TPSA) is 64.6 Å². The van der Waals surface area contributed by atoms with Crippen molar-refractivity contribution < 1.29 is 9.47 Å². The fraction of sp³-hybridized carbons (Fsp3) is 0.708. The van der Waals surface area contributed by atoms with Gasteiger partial charge in [-0.1, -0.05) is 12.1 Å². The first-order valence-corrected chi connectivity index (χ1v) is 12.1. The first-order valence-electron chi connectivity index (χ1n) is 12.1. The van der Waals surface area contributed by atoms with Crippen LogP contribution in [0, 0.1) is 0 Å². The van der Waals surface area contributed by atoms with Crippen molar-refractivity contribution in [2.45, 2.75) is 19.4 Å². The monoisotopic (exact) mass is 574 g/mol. The highest BCUT2D eigenvalue weighted by Crippen LogP contribution is 2.24. The van der Waals surface area contributed by atoms with Crippen LogP contribution in [0.4, 0.5) is 0 Å². The summed E-state index contributed by atoms with van der Waals surface area (Å²) in [4.78, 5) is 12.4. The number of hydrogen-bond donors (Lipinski definition) is 2. The molecule has 0 bridgehead atoms. The van der Waals surface area contributed by atoms with Gasteiger partial charge in [0.05, 0.1) is 32.9 Å². The fourth-order valence-corrected chi connectivity index (χ4v) is 4.32. The number of hydrogen-bond acceptors (Lipinski definition) is 6. The van der Waals surface area contributed by atoms with Crippen molar-refractivity contribution in [2.75, 3.05) is 92.8 Å². The highest BCUT2D eigenvalue weighted by molar-refractivity contribution is 14.0. The van der Waals surface area contributed by atoms with Gasteiger partial charge < -0.3 is 29.9 Å². The second-order valence-electron chi connectivity index (χ2n) is 8.58. The maximum atomic E-state index is 5.58. The molecule has 0 amide bonds. The van der Waals surface area contributed by atoms with E-state index in [2.05, 4.69) is 51.4 Å². The van der Waals surface area contributed by atoms with Gasteiger partial charge in [0.1, 0.15) is 5.75 Å². The molecule has 0 saturated carbocycles. The number of guanidine groups is 1. The molecule has 1 aromatic carbocycles. The molecule has 2 heterocycles. The van der Waals surface area contributed by atoms with E-state index in [1.54, 1.807) is 7.11 Å². The highest BCUT2D eigenvalue weighted by Gasteiger charge is 2.23. The van der Waals surface area contributed by atoms with Gasteiger partial charge in [0.2, 0.25) is 0 Å². The van der Waals surface area contributed by atoms with Gasteiger partial charge in [-0.05, 0) is 51.2 Å². The van der Waals surface area contributed by atoms with Crippen LogP contribution in [0.2, 0.25) is 0 Å². The maximum absolute atomic E-state index is 5.58. The molecular weight excluding hydrogens is 531 g/mol. The van der Waals surface area contributed by atoms with Crippen LogP contribution >= 0.6 is 24.0 Å². The third kappa shape index (κ3) is 9.56. The molecule has 0 radical (unpaired) electrons. The van der Waals surface area contributed by atoms with Gasteiger partial charge in [-0.15, -0.1) is 24.0 Å². The normalized spacial score (nSPS) is 19.9. The Bertz CT molecular complexity index is 684. The van der Waals surface area contributed by atoms with E-state index in [1.807, 2.05) is 12.1 Å². The number of nitrogens with zero attached hydrogens (tertiary/aromatic N) is 4. The Morgan fingerprint density at radius 2 is 1.82 bits per heavy atom. The van der Waals surface area contributed by atoms with Crippen LogP contribution in [0.25, 0.3) is 0 Å². The zero-order valence-corrected chi connectivity index (χ0v) is 22.9. The Balaban J connectivity index is 0.00000385. The lowest BCUT2D eigenvalue weighted by Gasteiger charge is -2.34. The zero-order chi connectivity index (χ0) is 22.6. The number of nitrogens with one attached hydrogen (secondary N) is 2. The molecule has 2 N–H and O–H groups in total. The van der Waals surface area contributed by atoms with E-state index < -0.39 is 0 Å². The van der Waals surface area contributed by atoms with Crippen molar-refractivity contribution in [1.82, 2.24) is 25.3 Å². The minimum atomic E-state index is 0. The Morgan fingerprint density at radius 1 is 1.06 bits per heavy atom. The summed E-state index contributed by atoms with van der Waals surface area (Å²) >= 11 is 0. The molecule has 1 unspecified atom stereocenters. The Labute approximate surface area is 217 Å². The molecule has 2 fully saturated rings. The third-order valence-electron chi connectivity index (χ3n) is 6.29. The average Bonchev–Trinajstić information content (AvgIpc) is 3.04. The molecule has 0 spiro atoms. The second-order valence-corrected chi connectivity index (χ2v) is 8.58. The van der Waals surface area contributed by atoms with E-state index >= 15 is 0 Å². The van der Waals surface area contributed by atoms with E-state index in [0.717, 1.165) is 70.7 Å². The van der Waals surface area contributed by atoms with Crippen molar-refractivity contribution in [3.8, 4) is 5.75 Å². The van der Waals surface area contributed by atoms with Crippen LogP contribution < -0.4 is 15.4 Å². The third-order valence-corrected chi connectivity index (χ3v) is 6.29. The van der Waals surface area contributed by atoms with E-state index in [0.29, 0.717) is 6.54 Å². The van der Waals surface area contributed by atoms with Crippen LogP contribution in [-0.2, 0) is 4.74 Å². The number of morpholine rings is 1. The molecule has 8 nitrogen and oxygen atoms in total. The zero-order valence-electron chi connectivity index (χ0n) is 20.6. The van der Waals surface area contributed by atoms with Gasteiger partial charge >= 0.3 is 0 Å². The first-order chi connectivity index (χ1) is 15.7. The number of benzene rings is 1. The highest BCUT2D eigenvalue weighted by atomic mass is 127. The Morgan fingerprint density at radius 3 is 2.52 bits per heavy atom. The van der Waals surface area contributed by atoms with Crippen LogP contribution in [0.15, 0.2) is 29.3 Å². The van der Waals surface area contributed by atoms with E-state index in [4.69, 9.17) is 14.5 Å². The van der Waals surface area contributed by atoms with Gasteiger partial charge in [0.15, 0.2) is 5.96 Å². The summed E-state index contributed by atoms with van der Waals surface area (Å²) in [6.07, 6.45) is 1.24. The molecule has 0 aliphatic carbocycles. The molecule has 2 aliphatic heterocycles. The van der Waals surface area contributed by atoms with E-state index in [1.165, 1.54) is 25.1 Å². The number of methoxy groups -OCH3 is 1. The largest absolute Gasteiger partial charge is 0.497 e. The fourth-order valence-electron chi connectivity index (χ4n) is 4.32. The SMILES string of the molecule is CCNC(=NCC(c1ccc(OC)cc1)N1CCOCC1)NCCN1CCCN(C)CC1.I.